The molecule has 0 radical (unpaired) electrons. The largest absolute Gasteiger partial charge is 0.507 e. The van der Waals surface area contributed by atoms with Crippen LogP contribution >= 0.6 is 0 Å². The van der Waals surface area contributed by atoms with Crippen molar-refractivity contribution in [1.29, 1.82) is 0 Å². The zero-order valence-corrected chi connectivity index (χ0v) is 9.90. The van der Waals surface area contributed by atoms with Crippen LogP contribution in [0.25, 0.3) is 0 Å². The molecule has 2 unspecified atom stereocenters. The second kappa shape index (κ2) is 5.35. The van der Waals surface area contributed by atoms with Crippen LogP contribution in [-0.2, 0) is 0 Å². The summed E-state index contributed by atoms with van der Waals surface area (Å²) in [5, 5.41) is 21.8. The Labute approximate surface area is 104 Å². The first-order valence-electron chi connectivity index (χ1n) is 6.06. The molecule has 1 aromatic rings. The molecule has 1 aliphatic rings. The number of aliphatic hydroxyl groups excluding tert-OH is 1. The normalized spacial score (nSPS) is 23.7. The van der Waals surface area contributed by atoms with Crippen LogP contribution in [0.2, 0.25) is 0 Å². The van der Waals surface area contributed by atoms with Crippen molar-refractivity contribution in [2.75, 3.05) is 0 Å². The summed E-state index contributed by atoms with van der Waals surface area (Å²) in [4.78, 5) is 11.9. The number of rotatable bonds is 2. The average molecular weight is 253 g/mol. The fourth-order valence-electron chi connectivity index (χ4n) is 2.26. The third-order valence-electron chi connectivity index (χ3n) is 3.26. The van der Waals surface area contributed by atoms with Gasteiger partial charge in [0.2, 0.25) is 0 Å². The third-order valence-corrected chi connectivity index (χ3v) is 3.26. The highest BCUT2D eigenvalue weighted by atomic mass is 19.1. The van der Waals surface area contributed by atoms with Gasteiger partial charge in [-0.3, -0.25) is 4.79 Å². The van der Waals surface area contributed by atoms with E-state index in [0.29, 0.717) is 12.8 Å². The first-order valence-corrected chi connectivity index (χ1v) is 6.06. The zero-order valence-electron chi connectivity index (χ0n) is 9.90. The molecule has 1 aliphatic carbocycles. The minimum Gasteiger partial charge on any atom is -0.507 e. The number of hydrogen-bond acceptors (Lipinski definition) is 3. The Hall–Kier alpha value is -1.62. The highest BCUT2D eigenvalue weighted by Gasteiger charge is 2.26. The molecule has 1 fully saturated rings. The lowest BCUT2D eigenvalue weighted by molar-refractivity contribution is 0.0712. The van der Waals surface area contributed by atoms with E-state index in [-0.39, 0.29) is 11.6 Å². The fraction of sp³-hybridized carbons (Fsp3) is 0.462. The predicted molar refractivity (Wildman–Crippen MR) is 63.8 cm³/mol. The Morgan fingerprint density at radius 2 is 2.06 bits per heavy atom. The molecule has 0 aromatic heterocycles. The lowest BCUT2D eigenvalue weighted by atomic mass is 9.92. The Kier molecular flexibility index (Phi) is 3.81. The smallest absolute Gasteiger partial charge is 0.258 e. The maximum Gasteiger partial charge on any atom is 0.258 e. The predicted octanol–water partition coefficient (Wildman–Crippen LogP) is 1.56. The van der Waals surface area contributed by atoms with E-state index >= 15 is 0 Å². The monoisotopic (exact) mass is 253 g/mol. The van der Waals surface area contributed by atoms with E-state index < -0.39 is 23.6 Å². The lowest BCUT2D eigenvalue weighted by Crippen LogP contribution is -2.45. The van der Waals surface area contributed by atoms with Gasteiger partial charge in [-0.1, -0.05) is 18.9 Å². The molecule has 0 saturated heterocycles. The number of carbonyl (C=O) groups is 1. The molecule has 3 N–H and O–H groups in total. The number of phenolic OH excluding ortho intramolecular Hbond substituents is 1. The Morgan fingerprint density at radius 3 is 2.72 bits per heavy atom. The maximum absolute atomic E-state index is 13.5. The zero-order chi connectivity index (χ0) is 13.1. The molecule has 98 valence electrons. The molecule has 1 aromatic carbocycles. The summed E-state index contributed by atoms with van der Waals surface area (Å²) in [6.45, 7) is 0. The van der Waals surface area contributed by atoms with Crippen LogP contribution in [0.5, 0.6) is 5.75 Å². The molecule has 0 bridgehead atoms. The summed E-state index contributed by atoms with van der Waals surface area (Å²) in [7, 11) is 0. The molecular formula is C13H16FNO3. The number of halogens is 1. The summed E-state index contributed by atoms with van der Waals surface area (Å²) in [5.41, 5.74) is -0.365. The van der Waals surface area contributed by atoms with E-state index in [9.17, 15) is 19.4 Å². The van der Waals surface area contributed by atoms with Crippen molar-refractivity contribution < 1.29 is 19.4 Å². The van der Waals surface area contributed by atoms with Gasteiger partial charge in [-0.2, -0.15) is 0 Å². The molecular weight excluding hydrogens is 237 g/mol. The van der Waals surface area contributed by atoms with Crippen LogP contribution in [0.1, 0.15) is 36.0 Å². The summed E-state index contributed by atoms with van der Waals surface area (Å²) in [6, 6.07) is 3.34. The molecule has 4 nitrogen and oxygen atoms in total. The number of hydrogen-bond donors (Lipinski definition) is 3. The molecule has 2 atom stereocenters. The van der Waals surface area contributed by atoms with Crippen LogP contribution in [0.3, 0.4) is 0 Å². The third kappa shape index (κ3) is 2.61. The van der Waals surface area contributed by atoms with Crippen molar-refractivity contribution in [3.63, 3.8) is 0 Å². The molecule has 1 amide bonds. The van der Waals surface area contributed by atoms with Crippen LogP contribution in [-0.4, -0.2) is 28.3 Å². The molecule has 1 saturated carbocycles. The summed E-state index contributed by atoms with van der Waals surface area (Å²) in [5.74, 6) is -1.84. The van der Waals surface area contributed by atoms with Crippen molar-refractivity contribution in [3.8, 4) is 5.75 Å². The second-order valence-electron chi connectivity index (χ2n) is 4.57. The summed E-state index contributed by atoms with van der Waals surface area (Å²) in [6.07, 6.45) is 2.55. The number of aliphatic hydroxyl groups is 1. The molecule has 2 rings (SSSR count). The second-order valence-corrected chi connectivity index (χ2v) is 4.57. The number of nitrogens with one attached hydrogen (secondary N) is 1. The van der Waals surface area contributed by atoms with Gasteiger partial charge in [-0.15, -0.1) is 0 Å². The molecule has 0 spiro atoms. The van der Waals surface area contributed by atoms with E-state index in [4.69, 9.17) is 0 Å². The minimum absolute atomic E-state index is 0.365. The van der Waals surface area contributed by atoms with Gasteiger partial charge in [-0.25, -0.2) is 4.39 Å². The van der Waals surface area contributed by atoms with Gasteiger partial charge in [-0.05, 0) is 25.0 Å². The number of benzene rings is 1. The number of aromatic hydroxyl groups is 1. The fourth-order valence-corrected chi connectivity index (χ4v) is 2.26. The first kappa shape index (κ1) is 12.8. The Morgan fingerprint density at radius 1 is 1.33 bits per heavy atom. The van der Waals surface area contributed by atoms with Gasteiger partial charge in [0, 0.05) is 0 Å². The molecule has 0 heterocycles. The Bertz CT molecular complexity index is 430. The van der Waals surface area contributed by atoms with Crippen molar-refractivity contribution >= 4 is 5.91 Å². The van der Waals surface area contributed by atoms with Gasteiger partial charge in [0.1, 0.15) is 17.1 Å². The van der Waals surface area contributed by atoms with Crippen LogP contribution in [0.15, 0.2) is 18.2 Å². The standard InChI is InChI=1S/C13H16FNO3/c14-8-4-3-7-11(17)12(8)13(18)15-9-5-1-2-6-10(9)16/h3-4,7,9-10,16-17H,1-2,5-6H2,(H,15,18). The quantitative estimate of drug-likeness (QED) is 0.749. The highest BCUT2D eigenvalue weighted by molar-refractivity contribution is 5.97. The minimum atomic E-state index is -0.766. The topological polar surface area (TPSA) is 69.6 Å². The van der Waals surface area contributed by atoms with Crippen LogP contribution in [0, 0.1) is 5.82 Å². The van der Waals surface area contributed by atoms with Crippen molar-refractivity contribution in [3.05, 3.63) is 29.6 Å². The van der Waals surface area contributed by atoms with E-state index in [0.717, 1.165) is 18.9 Å². The van der Waals surface area contributed by atoms with Gasteiger partial charge in [0.05, 0.1) is 12.1 Å². The summed E-state index contributed by atoms with van der Waals surface area (Å²) >= 11 is 0. The SMILES string of the molecule is O=C(NC1CCCCC1O)c1c(O)cccc1F. The molecule has 18 heavy (non-hydrogen) atoms. The summed E-state index contributed by atoms with van der Waals surface area (Å²) < 4.78 is 13.5. The number of amides is 1. The number of carbonyl (C=O) groups excluding carboxylic acids is 1. The Balaban J connectivity index is 2.12. The average Bonchev–Trinajstić information content (AvgIpc) is 2.32. The maximum atomic E-state index is 13.5. The highest BCUT2D eigenvalue weighted by Crippen LogP contribution is 2.22. The van der Waals surface area contributed by atoms with Crippen LogP contribution in [0.4, 0.5) is 4.39 Å². The van der Waals surface area contributed by atoms with E-state index in [1.807, 2.05) is 0 Å². The van der Waals surface area contributed by atoms with Crippen molar-refractivity contribution in [2.24, 2.45) is 0 Å². The number of phenols is 1. The van der Waals surface area contributed by atoms with E-state index in [1.54, 1.807) is 0 Å². The van der Waals surface area contributed by atoms with Gasteiger partial charge < -0.3 is 15.5 Å². The molecule has 5 heteroatoms. The van der Waals surface area contributed by atoms with Gasteiger partial charge in [0.15, 0.2) is 0 Å². The van der Waals surface area contributed by atoms with E-state index in [2.05, 4.69) is 5.32 Å². The first-order chi connectivity index (χ1) is 8.59. The van der Waals surface area contributed by atoms with Crippen molar-refractivity contribution in [1.82, 2.24) is 5.32 Å². The molecule has 0 aliphatic heterocycles. The van der Waals surface area contributed by atoms with Crippen molar-refractivity contribution in [2.45, 2.75) is 37.8 Å². The van der Waals surface area contributed by atoms with Crippen LogP contribution < -0.4 is 5.32 Å². The van der Waals surface area contributed by atoms with Gasteiger partial charge >= 0.3 is 0 Å². The lowest BCUT2D eigenvalue weighted by Gasteiger charge is -2.28. The van der Waals surface area contributed by atoms with E-state index in [1.165, 1.54) is 12.1 Å². The van der Waals surface area contributed by atoms with Gasteiger partial charge in [0.25, 0.3) is 5.91 Å².